The number of nitrogens with zero attached hydrogens (tertiary/aromatic N) is 1. The van der Waals surface area contributed by atoms with E-state index in [1.165, 1.54) is 17.3 Å². The first-order valence-corrected chi connectivity index (χ1v) is 7.77. The number of aryl methyl sites for hydroxylation is 1. The molecule has 0 fully saturated rings. The van der Waals surface area contributed by atoms with E-state index in [-0.39, 0.29) is 0 Å². The summed E-state index contributed by atoms with van der Waals surface area (Å²) in [5, 5.41) is 11.6. The van der Waals surface area contributed by atoms with Crippen LogP contribution in [0.3, 0.4) is 0 Å². The molecule has 1 aromatic carbocycles. The molecule has 0 aliphatic carbocycles. The third kappa shape index (κ3) is 3.81. The highest BCUT2D eigenvalue weighted by Gasteiger charge is 2.20. The maximum Gasteiger partial charge on any atom is 0.133 e. The third-order valence-corrected chi connectivity index (χ3v) is 4.60. The highest BCUT2D eigenvalue weighted by molar-refractivity contribution is 8.03. The highest BCUT2D eigenvalue weighted by atomic mass is 35.5. The van der Waals surface area contributed by atoms with Crippen LogP contribution in [-0.2, 0) is 0 Å². The number of rotatable bonds is 6. The molecule has 19 heavy (non-hydrogen) atoms. The maximum absolute atomic E-state index is 8.63. The van der Waals surface area contributed by atoms with Crippen LogP contribution in [0.2, 0.25) is 5.02 Å². The van der Waals surface area contributed by atoms with Gasteiger partial charge in [0.15, 0.2) is 0 Å². The van der Waals surface area contributed by atoms with Gasteiger partial charge in [-0.25, -0.2) is 0 Å². The molecule has 0 spiro atoms. The molecule has 0 bridgehead atoms. The predicted molar refractivity (Wildman–Crippen MR) is 83.2 cm³/mol. The predicted octanol–water partition coefficient (Wildman–Crippen LogP) is 5.06. The minimum Gasteiger partial charge on any atom is -0.496 e. The minimum absolute atomic E-state index is 0.383. The van der Waals surface area contributed by atoms with Crippen LogP contribution in [-0.4, -0.2) is 12.9 Å². The molecule has 0 amide bonds. The van der Waals surface area contributed by atoms with Crippen LogP contribution in [0.1, 0.15) is 42.4 Å². The molecular formula is C15H20ClNOS. The molecule has 0 saturated carbocycles. The van der Waals surface area contributed by atoms with Crippen LogP contribution >= 0.6 is 23.4 Å². The maximum atomic E-state index is 8.63. The molecule has 0 aromatic heterocycles. The van der Waals surface area contributed by atoms with Crippen molar-refractivity contribution in [3.8, 4) is 11.2 Å². The fourth-order valence-corrected chi connectivity index (χ4v) is 3.06. The zero-order valence-electron chi connectivity index (χ0n) is 11.9. The van der Waals surface area contributed by atoms with Crippen LogP contribution in [0.25, 0.3) is 0 Å². The Morgan fingerprint density at radius 1 is 1.47 bits per heavy atom. The molecule has 1 aromatic rings. The van der Waals surface area contributed by atoms with E-state index < -0.39 is 0 Å². The number of halogens is 1. The molecule has 0 saturated heterocycles. The Labute approximate surface area is 125 Å². The van der Waals surface area contributed by atoms with Crippen molar-refractivity contribution in [2.45, 2.75) is 39.5 Å². The summed E-state index contributed by atoms with van der Waals surface area (Å²) in [4.78, 5) is 0. The Bertz CT molecular complexity index is 482. The van der Waals surface area contributed by atoms with E-state index in [0.29, 0.717) is 5.92 Å². The second-order valence-corrected chi connectivity index (χ2v) is 5.84. The fraction of sp³-hybridized carbons (Fsp3) is 0.533. The average Bonchev–Trinajstić information content (AvgIpc) is 2.42. The average molecular weight is 298 g/mol. The largest absolute Gasteiger partial charge is 0.496 e. The minimum atomic E-state index is 0.383. The zero-order valence-corrected chi connectivity index (χ0v) is 13.5. The molecule has 0 aliphatic heterocycles. The molecule has 4 heteroatoms. The lowest BCUT2D eigenvalue weighted by Gasteiger charge is -2.22. The van der Waals surface area contributed by atoms with Gasteiger partial charge >= 0.3 is 0 Å². The van der Waals surface area contributed by atoms with Crippen molar-refractivity contribution < 1.29 is 4.74 Å². The molecule has 0 heterocycles. The summed E-state index contributed by atoms with van der Waals surface area (Å²) in [7, 11) is 1.70. The van der Waals surface area contributed by atoms with Crippen molar-refractivity contribution in [2.24, 2.45) is 0 Å². The first-order chi connectivity index (χ1) is 9.06. The van der Waals surface area contributed by atoms with Crippen molar-refractivity contribution >= 4 is 23.4 Å². The van der Waals surface area contributed by atoms with Crippen molar-refractivity contribution in [3.63, 3.8) is 0 Å². The van der Waals surface area contributed by atoms with Gasteiger partial charge in [-0.3, -0.25) is 0 Å². The number of ether oxygens (including phenoxy) is 1. The van der Waals surface area contributed by atoms with Crippen LogP contribution in [0.5, 0.6) is 5.75 Å². The molecule has 0 N–H and O–H groups in total. The van der Waals surface area contributed by atoms with Crippen LogP contribution < -0.4 is 4.74 Å². The van der Waals surface area contributed by atoms with E-state index in [1.54, 1.807) is 7.11 Å². The Morgan fingerprint density at radius 2 is 2.16 bits per heavy atom. The van der Waals surface area contributed by atoms with Gasteiger partial charge in [0.2, 0.25) is 0 Å². The Balaban J connectivity index is 3.15. The van der Waals surface area contributed by atoms with Gasteiger partial charge in [-0.1, -0.05) is 18.5 Å². The number of benzene rings is 1. The van der Waals surface area contributed by atoms with E-state index in [2.05, 4.69) is 12.3 Å². The molecule has 1 unspecified atom stereocenters. The van der Waals surface area contributed by atoms with E-state index in [4.69, 9.17) is 21.6 Å². The molecule has 104 valence electrons. The summed E-state index contributed by atoms with van der Waals surface area (Å²) in [5.74, 6) is 2.13. The van der Waals surface area contributed by atoms with Gasteiger partial charge in [0.05, 0.1) is 7.11 Å². The van der Waals surface area contributed by atoms with Gasteiger partial charge in [0.25, 0.3) is 0 Å². The molecule has 2 nitrogen and oxygen atoms in total. The van der Waals surface area contributed by atoms with Gasteiger partial charge in [-0.15, -0.1) is 0 Å². The van der Waals surface area contributed by atoms with Gasteiger partial charge in [0, 0.05) is 16.3 Å². The Kier molecular flexibility index (Phi) is 6.54. The zero-order chi connectivity index (χ0) is 14.4. The number of methoxy groups -OCH3 is 1. The number of hydrogen-bond acceptors (Lipinski definition) is 3. The second kappa shape index (κ2) is 7.67. The van der Waals surface area contributed by atoms with Crippen molar-refractivity contribution in [1.82, 2.24) is 0 Å². The number of nitriles is 1. The monoisotopic (exact) mass is 297 g/mol. The van der Waals surface area contributed by atoms with Crippen molar-refractivity contribution in [3.05, 3.63) is 27.8 Å². The topological polar surface area (TPSA) is 33.0 Å². The second-order valence-electron chi connectivity index (χ2n) is 4.58. The Morgan fingerprint density at radius 3 is 2.68 bits per heavy atom. The quantitative estimate of drug-likeness (QED) is 0.543. The van der Waals surface area contributed by atoms with Gasteiger partial charge in [0.1, 0.15) is 11.2 Å². The van der Waals surface area contributed by atoms with Gasteiger partial charge in [-0.05, 0) is 61.6 Å². The standard InChI is InChI=1S/C15H20ClNOS/c1-5-12(6-7-19-9-17)14-11(3)15(16)10(2)8-13(14)18-4/h8,12H,5-7H2,1-4H3. The first kappa shape index (κ1) is 16.2. The van der Waals surface area contributed by atoms with Crippen molar-refractivity contribution in [1.29, 1.82) is 5.26 Å². The molecular weight excluding hydrogens is 278 g/mol. The van der Waals surface area contributed by atoms with Gasteiger partial charge in [-0.2, -0.15) is 5.26 Å². The van der Waals surface area contributed by atoms with Crippen LogP contribution in [0.15, 0.2) is 6.07 Å². The number of hydrogen-bond donors (Lipinski definition) is 0. The first-order valence-electron chi connectivity index (χ1n) is 6.41. The summed E-state index contributed by atoms with van der Waals surface area (Å²) in [6, 6.07) is 2.00. The summed E-state index contributed by atoms with van der Waals surface area (Å²) < 4.78 is 5.52. The van der Waals surface area contributed by atoms with Crippen molar-refractivity contribution in [2.75, 3.05) is 12.9 Å². The third-order valence-electron chi connectivity index (χ3n) is 3.45. The number of thiocyanates is 1. The lowest BCUT2D eigenvalue weighted by atomic mass is 9.88. The molecule has 0 aliphatic rings. The van der Waals surface area contributed by atoms with E-state index >= 15 is 0 Å². The lowest BCUT2D eigenvalue weighted by molar-refractivity contribution is 0.402. The van der Waals surface area contributed by atoms with Crippen LogP contribution in [0, 0.1) is 24.5 Å². The summed E-state index contributed by atoms with van der Waals surface area (Å²) in [6.45, 7) is 6.20. The summed E-state index contributed by atoms with van der Waals surface area (Å²) >= 11 is 7.67. The van der Waals surface area contributed by atoms with Crippen LogP contribution in [0.4, 0.5) is 0 Å². The lowest BCUT2D eigenvalue weighted by Crippen LogP contribution is -2.06. The summed E-state index contributed by atoms with van der Waals surface area (Å²) in [6.07, 6.45) is 1.98. The Hall–Kier alpha value is -0.850. The summed E-state index contributed by atoms with van der Waals surface area (Å²) in [5.41, 5.74) is 3.34. The van der Waals surface area contributed by atoms with Gasteiger partial charge < -0.3 is 4.74 Å². The molecule has 0 radical (unpaired) electrons. The van der Waals surface area contributed by atoms with E-state index in [9.17, 15) is 0 Å². The van der Waals surface area contributed by atoms with E-state index in [0.717, 1.165) is 40.5 Å². The normalized spacial score (nSPS) is 12.0. The molecule has 1 rings (SSSR count). The van der Waals surface area contributed by atoms with E-state index in [1.807, 2.05) is 19.9 Å². The fourth-order valence-electron chi connectivity index (χ4n) is 2.41. The smallest absolute Gasteiger partial charge is 0.133 e. The SMILES string of the molecule is CCC(CCSC#N)c1c(OC)cc(C)c(Cl)c1C. The number of thioether (sulfide) groups is 1. The highest BCUT2D eigenvalue weighted by Crippen LogP contribution is 2.39. The molecule has 1 atom stereocenters.